The monoisotopic (exact) mass is 295 g/mol. The van der Waals surface area contributed by atoms with Crippen LogP contribution in [0.15, 0.2) is 42.6 Å². The largest absolute Gasteiger partial charge is 0.384 e. The summed E-state index contributed by atoms with van der Waals surface area (Å²) in [4.78, 5) is 12.6. The molecular weight excluding hydrogens is 281 g/mol. The Kier molecular flexibility index (Phi) is 3.42. The van der Waals surface area contributed by atoms with E-state index in [0.29, 0.717) is 22.8 Å². The predicted octanol–water partition coefficient (Wildman–Crippen LogP) is 2.82. The molecule has 0 saturated carbocycles. The lowest BCUT2D eigenvalue weighted by atomic mass is 9.99. The highest BCUT2D eigenvalue weighted by Gasteiger charge is 2.15. The number of nitrogens with two attached hydrogens (primary N) is 2. The Morgan fingerprint density at radius 2 is 1.82 bits per heavy atom. The van der Waals surface area contributed by atoms with E-state index >= 15 is 0 Å². The van der Waals surface area contributed by atoms with Crippen molar-refractivity contribution in [1.29, 1.82) is 0 Å². The number of anilines is 2. The van der Waals surface area contributed by atoms with Gasteiger partial charge in [0.2, 0.25) is 5.95 Å². The molecule has 0 bridgehead atoms. The fourth-order valence-corrected chi connectivity index (χ4v) is 2.34. The molecule has 0 aliphatic carbocycles. The summed E-state index contributed by atoms with van der Waals surface area (Å²) in [6.45, 7) is 1.83. The highest BCUT2D eigenvalue weighted by molar-refractivity contribution is 5.82. The van der Waals surface area contributed by atoms with Gasteiger partial charge in [-0.25, -0.2) is 19.3 Å². The molecule has 0 unspecified atom stereocenters. The lowest BCUT2D eigenvalue weighted by molar-refractivity contribution is 0.628. The van der Waals surface area contributed by atoms with Crippen LogP contribution in [0, 0.1) is 12.7 Å². The molecule has 3 rings (SSSR count). The number of rotatable bonds is 2. The molecule has 22 heavy (non-hydrogen) atoms. The van der Waals surface area contributed by atoms with Gasteiger partial charge in [-0.3, -0.25) is 0 Å². The Bertz CT molecular complexity index is 830. The van der Waals surface area contributed by atoms with E-state index < -0.39 is 0 Å². The van der Waals surface area contributed by atoms with Crippen LogP contribution < -0.4 is 11.5 Å². The van der Waals surface area contributed by atoms with Crippen LogP contribution in [0.2, 0.25) is 0 Å². The summed E-state index contributed by atoms with van der Waals surface area (Å²) in [5.74, 6) is 0.225. The van der Waals surface area contributed by atoms with Gasteiger partial charge in [0.05, 0.1) is 11.4 Å². The van der Waals surface area contributed by atoms with Gasteiger partial charge in [-0.05, 0) is 31.2 Å². The van der Waals surface area contributed by atoms with Gasteiger partial charge in [0.1, 0.15) is 11.6 Å². The first-order valence-corrected chi connectivity index (χ1v) is 6.66. The van der Waals surface area contributed by atoms with Gasteiger partial charge in [0.25, 0.3) is 0 Å². The third-order valence-electron chi connectivity index (χ3n) is 3.28. The van der Waals surface area contributed by atoms with Crippen molar-refractivity contribution in [3.63, 3.8) is 0 Å². The van der Waals surface area contributed by atoms with E-state index in [-0.39, 0.29) is 11.8 Å². The summed E-state index contributed by atoms with van der Waals surface area (Å²) < 4.78 is 13.5. The molecule has 0 amide bonds. The van der Waals surface area contributed by atoms with Crippen molar-refractivity contribution < 1.29 is 4.39 Å². The minimum atomic E-state index is -0.339. The van der Waals surface area contributed by atoms with Gasteiger partial charge in [-0.2, -0.15) is 0 Å². The number of aromatic nitrogens is 3. The molecule has 0 fully saturated rings. The highest BCUT2D eigenvalue weighted by Crippen LogP contribution is 2.33. The quantitative estimate of drug-likeness (QED) is 0.758. The number of nitrogens with zero attached hydrogens (tertiary/aromatic N) is 3. The van der Waals surface area contributed by atoms with Gasteiger partial charge in [0.15, 0.2) is 0 Å². The maximum atomic E-state index is 13.5. The van der Waals surface area contributed by atoms with E-state index in [2.05, 4.69) is 15.0 Å². The number of halogens is 1. The fourth-order valence-electron chi connectivity index (χ4n) is 2.34. The van der Waals surface area contributed by atoms with Crippen LogP contribution >= 0.6 is 0 Å². The topological polar surface area (TPSA) is 90.7 Å². The van der Waals surface area contributed by atoms with Crippen molar-refractivity contribution in [2.75, 3.05) is 11.5 Å². The Hall–Kier alpha value is -3.02. The molecule has 110 valence electrons. The maximum absolute atomic E-state index is 13.5. The number of hydrogen-bond donors (Lipinski definition) is 2. The normalized spacial score (nSPS) is 10.6. The van der Waals surface area contributed by atoms with Crippen LogP contribution in [0.4, 0.5) is 16.2 Å². The molecule has 3 aromatic rings. The maximum Gasteiger partial charge on any atom is 0.220 e. The average molecular weight is 295 g/mol. The summed E-state index contributed by atoms with van der Waals surface area (Å²) in [5, 5.41) is 0. The molecule has 0 radical (unpaired) electrons. The van der Waals surface area contributed by atoms with Crippen LogP contribution in [0.3, 0.4) is 0 Å². The van der Waals surface area contributed by atoms with Gasteiger partial charge in [-0.15, -0.1) is 0 Å². The zero-order valence-corrected chi connectivity index (χ0v) is 11.9. The first-order valence-electron chi connectivity index (χ1n) is 6.66. The Labute approximate surface area is 126 Å². The zero-order chi connectivity index (χ0) is 15.7. The number of benzene rings is 1. The summed E-state index contributed by atoms with van der Waals surface area (Å²) in [6, 6.07) is 9.72. The third kappa shape index (κ3) is 2.58. The molecule has 5 nitrogen and oxygen atoms in total. The third-order valence-corrected chi connectivity index (χ3v) is 3.28. The number of aryl methyl sites for hydroxylation is 1. The number of pyridine rings is 1. The van der Waals surface area contributed by atoms with Crippen molar-refractivity contribution in [2.24, 2.45) is 0 Å². The second-order valence-electron chi connectivity index (χ2n) is 4.87. The van der Waals surface area contributed by atoms with Crippen LogP contribution in [0.5, 0.6) is 0 Å². The summed E-state index contributed by atoms with van der Waals surface area (Å²) in [6.07, 6.45) is 1.64. The molecule has 2 aromatic heterocycles. The van der Waals surface area contributed by atoms with E-state index in [1.165, 1.54) is 12.1 Å². The highest BCUT2D eigenvalue weighted by atomic mass is 19.1. The minimum absolute atomic E-state index is 0.143. The molecule has 0 aliphatic heterocycles. The lowest BCUT2D eigenvalue weighted by Gasteiger charge is -2.12. The SMILES string of the molecule is Cc1nc(N)nc(-c2cccc(F)c2)c1-c1ccc(N)nc1. The number of nitrogen functional groups attached to an aromatic ring is 2. The molecule has 2 heterocycles. The second kappa shape index (κ2) is 5.40. The fraction of sp³-hybridized carbons (Fsp3) is 0.0625. The predicted molar refractivity (Wildman–Crippen MR) is 84.2 cm³/mol. The van der Waals surface area contributed by atoms with E-state index in [9.17, 15) is 4.39 Å². The smallest absolute Gasteiger partial charge is 0.220 e. The van der Waals surface area contributed by atoms with Crippen molar-refractivity contribution in [3.8, 4) is 22.4 Å². The molecular formula is C16H14FN5. The Morgan fingerprint density at radius 1 is 1.00 bits per heavy atom. The van der Waals surface area contributed by atoms with E-state index in [4.69, 9.17) is 11.5 Å². The van der Waals surface area contributed by atoms with E-state index in [0.717, 1.165) is 11.1 Å². The molecule has 6 heteroatoms. The van der Waals surface area contributed by atoms with Gasteiger partial charge in [0, 0.05) is 22.9 Å². The molecule has 0 saturated heterocycles. The average Bonchev–Trinajstić information content (AvgIpc) is 2.48. The van der Waals surface area contributed by atoms with Crippen molar-refractivity contribution in [2.45, 2.75) is 6.92 Å². The molecule has 4 N–H and O–H groups in total. The molecule has 0 atom stereocenters. The van der Waals surface area contributed by atoms with Crippen LogP contribution in [-0.2, 0) is 0 Å². The molecule has 0 aliphatic rings. The molecule has 1 aromatic carbocycles. The first kappa shape index (κ1) is 13.9. The second-order valence-corrected chi connectivity index (χ2v) is 4.87. The van der Waals surface area contributed by atoms with E-state index in [1.54, 1.807) is 24.4 Å². The zero-order valence-electron chi connectivity index (χ0n) is 11.9. The Morgan fingerprint density at radius 3 is 2.50 bits per heavy atom. The van der Waals surface area contributed by atoms with Gasteiger partial charge >= 0.3 is 0 Å². The lowest BCUT2D eigenvalue weighted by Crippen LogP contribution is -2.03. The van der Waals surface area contributed by atoms with Crippen molar-refractivity contribution in [3.05, 3.63) is 54.1 Å². The standard InChI is InChI=1S/C16H14FN5/c1-9-14(11-5-6-13(18)20-8-11)15(22-16(19)21-9)10-3-2-4-12(17)7-10/h2-8H,1H3,(H2,18,20)(H2,19,21,22). The molecule has 0 spiro atoms. The van der Waals surface area contributed by atoms with Crippen molar-refractivity contribution in [1.82, 2.24) is 15.0 Å². The van der Waals surface area contributed by atoms with Crippen LogP contribution in [-0.4, -0.2) is 15.0 Å². The first-order chi connectivity index (χ1) is 10.5. The number of hydrogen-bond acceptors (Lipinski definition) is 5. The Balaban J connectivity index is 2.27. The van der Waals surface area contributed by atoms with Crippen LogP contribution in [0.25, 0.3) is 22.4 Å². The van der Waals surface area contributed by atoms with E-state index in [1.807, 2.05) is 13.0 Å². The summed E-state index contributed by atoms with van der Waals surface area (Å²) in [7, 11) is 0. The van der Waals surface area contributed by atoms with Crippen molar-refractivity contribution >= 4 is 11.8 Å². The summed E-state index contributed by atoms with van der Waals surface area (Å²) >= 11 is 0. The van der Waals surface area contributed by atoms with Gasteiger partial charge in [-0.1, -0.05) is 12.1 Å². The van der Waals surface area contributed by atoms with Crippen LogP contribution in [0.1, 0.15) is 5.69 Å². The minimum Gasteiger partial charge on any atom is -0.384 e. The van der Waals surface area contributed by atoms with Gasteiger partial charge < -0.3 is 11.5 Å². The summed E-state index contributed by atoms with van der Waals surface area (Å²) in [5.41, 5.74) is 14.8.